The first-order valence-electron chi connectivity index (χ1n) is 6.77. The van der Waals surface area contributed by atoms with Crippen LogP contribution in [0.4, 0.5) is 4.79 Å². The quantitative estimate of drug-likeness (QED) is 0.506. The molecule has 0 unspecified atom stereocenters. The van der Waals surface area contributed by atoms with Crippen molar-refractivity contribution in [2.45, 2.75) is 32.1 Å². The van der Waals surface area contributed by atoms with Crippen LogP contribution in [0.25, 0.3) is 0 Å². The van der Waals surface area contributed by atoms with E-state index in [1.54, 1.807) is 0 Å². The van der Waals surface area contributed by atoms with Gasteiger partial charge in [-0.05, 0) is 12.8 Å². The second-order valence-electron chi connectivity index (χ2n) is 5.32. The Kier molecular flexibility index (Phi) is 4.25. The minimum atomic E-state index is -1.37. The molecule has 4 amide bonds. The average Bonchev–Trinajstić information content (AvgIpc) is 2.77. The summed E-state index contributed by atoms with van der Waals surface area (Å²) < 4.78 is 0. The Labute approximate surface area is 121 Å². The van der Waals surface area contributed by atoms with Gasteiger partial charge in [-0.15, -0.1) is 0 Å². The molecule has 0 aromatic heterocycles. The molecule has 1 aliphatic carbocycles. The Morgan fingerprint density at radius 2 is 1.67 bits per heavy atom. The van der Waals surface area contributed by atoms with Crippen molar-refractivity contribution in [1.82, 2.24) is 15.8 Å². The lowest BCUT2D eigenvalue weighted by Gasteiger charge is -2.37. The molecule has 0 aromatic carbocycles. The number of amides is 4. The van der Waals surface area contributed by atoms with Crippen molar-refractivity contribution in [2.24, 2.45) is 5.41 Å². The SMILES string of the molecule is O=C(O)NNC(=O)C1(CN2C(=O)C=CC2=O)CCCCC1. The minimum absolute atomic E-state index is 0.0230. The zero-order valence-corrected chi connectivity index (χ0v) is 11.4. The van der Waals surface area contributed by atoms with Crippen molar-refractivity contribution in [2.75, 3.05) is 6.54 Å². The van der Waals surface area contributed by atoms with E-state index in [2.05, 4.69) is 5.43 Å². The molecule has 0 aromatic rings. The monoisotopic (exact) mass is 295 g/mol. The van der Waals surface area contributed by atoms with E-state index >= 15 is 0 Å². The number of nitrogens with one attached hydrogen (secondary N) is 2. The number of hydrazine groups is 1. The zero-order chi connectivity index (χ0) is 15.5. The van der Waals surface area contributed by atoms with E-state index < -0.39 is 29.2 Å². The molecule has 114 valence electrons. The van der Waals surface area contributed by atoms with Crippen LogP contribution in [-0.4, -0.2) is 40.4 Å². The summed E-state index contributed by atoms with van der Waals surface area (Å²) in [6.07, 6.45) is 4.56. The van der Waals surface area contributed by atoms with E-state index in [-0.39, 0.29) is 6.54 Å². The van der Waals surface area contributed by atoms with Crippen molar-refractivity contribution in [3.8, 4) is 0 Å². The van der Waals surface area contributed by atoms with Gasteiger partial charge in [-0.25, -0.2) is 10.2 Å². The van der Waals surface area contributed by atoms with E-state index in [1.165, 1.54) is 12.2 Å². The third-order valence-electron chi connectivity index (χ3n) is 3.94. The molecule has 0 radical (unpaired) electrons. The van der Waals surface area contributed by atoms with Crippen LogP contribution in [0.1, 0.15) is 32.1 Å². The predicted molar refractivity (Wildman–Crippen MR) is 70.7 cm³/mol. The molecule has 0 atom stereocenters. The second-order valence-corrected chi connectivity index (χ2v) is 5.32. The van der Waals surface area contributed by atoms with Gasteiger partial charge < -0.3 is 5.11 Å². The van der Waals surface area contributed by atoms with Gasteiger partial charge in [0.05, 0.1) is 5.41 Å². The molecule has 2 aliphatic rings. The van der Waals surface area contributed by atoms with E-state index in [9.17, 15) is 19.2 Å². The van der Waals surface area contributed by atoms with Crippen molar-refractivity contribution in [3.05, 3.63) is 12.2 Å². The molecular weight excluding hydrogens is 278 g/mol. The number of imide groups is 1. The molecule has 0 bridgehead atoms. The molecule has 1 saturated carbocycles. The molecule has 8 heteroatoms. The third-order valence-corrected chi connectivity index (χ3v) is 3.94. The predicted octanol–water partition coefficient (Wildman–Crippen LogP) is 0.161. The van der Waals surface area contributed by atoms with E-state index in [4.69, 9.17) is 5.11 Å². The summed E-state index contributed by atoms with van der Waals surface area (Å²) >= 11 is 0. The van der Waals surface area contributed by atoms with Crippen molar-refractivity contribution in [1.29, 1.82) is 0 Å². The van der Waals surface area contributed by atoms with Crippen LogP contribution in [0.15, 0.2) is 12.2 Å². The topological polar surface area (TPSA) is 116 Å². The van der Waals surface area contributed by atoms with Gasteiger partial charge in [-0.1, -0.05) is 19.3 Å². The van der Waals surface area contributed by atoms with Crippen LogP contribution < -0.4 is 10.9 Å². The van der Waals surface area contributed by atoms with Gasteiger partial charge in [0.2, 0.25) is 5.91 Å². The van der Waals surface area contributed by atoms with Gasteiger partial charge in [0.15, 0.2) is 0 Å². The summed E-state index contributed by atoms with van der Waals surface area (Å²) in [6, 6.07) is 0. The molecule has 21 heavy (non-hydrogen) atoms. The molecular formula is C13H17N3O5. The van der Waals surface area contributed by atoms with Crippen LogP contribution in [0.5, 0.6) is 0 Å². The van der Waals surface area contributed by atoms with Gasteiger partial charge in [0.25, 0.3) is 11.8 Å². The normalized spacial score (nSPS) is 20.5. The summed E-state index contributed by atoms with van der Waals surface area (Å²) in [4.78, 5) is 47.2. The minimum Gasteiger partial charge on any atom is -0.464 e. The van der Waals surface area contributed by atoms with Gasteiger partial charge in [0.1, 0.15) is 0 Å². The number of carboxylic acid groups (broad SMARTS) is 1. The van der Waals surface area contributed by atoms with Crippen molar-refractivity contribution >= 4 is 23.8 Å². The van der Waals surface area contributed by atoms with E-state index in [1.807, 2.05) is 5.43 Å². The molecule has 1 heterocycles. The highest BCUT2D eigenvalue weighted by Crippen LogP contribution is 2.37. The highest BCUT2D eigenvalue weighted by Gasteiger charge is 2.43. The lowest BCUT2D eigenvalue weighted by Crippen LogP contribution is -2.54. The smallest absolute Gasteiger partial charge is 0.423 e. The first-order valence-corrected chi connectivity index (χ1v) is 6.77. The van der Waals surface area contributed by atoms with Crippen LogP contribution in [-0.2, 0) is 14.4 Å². The molecule has 2 rings (SSSR count). The molecule has 0 saturated heterocycles. The molecule has 1 fully saturated rings. The summed E-state index contributed by atoms with van der Waals surface area (Å²) in [6.45, 7) is -0.0230. The summed E-state index contributed by atoms with van der Waals surface area (Å²) in [7, 11) is 0. The van der Waals surface area contributed by atoms with Gasteiger partial charge in [0, 0.05) is 18.7 Å². The summed E-state index contributed by atoms with van der Waals surface area (Å²) in [5.41, 5.74) is 3.03. The fraction of sp³-hybridized carbons (Fsp3) is 0.538. The molecule has 0 spiro atoms. The van der Waals surface area contributed by atoms with Gasteiger partial charge >= 0.3 is 6.09 Å². The molecule has 8 nitrogen and oxygen atoms in total. The van der Waals surface area contributed by atoms with Crippen LogP contribution in [0, 0.1) is 5.41 Å². The summed E-state index contributed by atoms with van der Waals surface area (Å²) in [5, 5.41) is 8.56. The highest BCUT2D eigenvalue weighted by molar-refractivity contribution is 6.13. The number of hydrogen-bond acceptors (Lipinski definition) is 4. The van der Waals surface area contributed by atoms with Crippen LogP contribution in [0.3, 0.4) is 0 Å². The lowest BCUT2D eigenvalue weighted by atomic mass is 9.73. The Bertz CT molecular complexity index is 490. The molecule has 3 N–H and O–H groups in total. The fourth-order valence-electron chi connectivity index (χ4n) is 2.82. The number of hydrogen-bond donors (Lipinski definition) is 3. The maximum Gasteiger partial charge on any atom is 0.423 e. The largest absolute Gasteiger partial charge is 0.464 e. The summed E-state index contributed by atoms with van der Waals surface area (Å²) in [5.74, 6) is -1.38. The molecule has 1 aliphatic heterocycles. The Morgan fingerprint density at radius 1 is 1.10 bits per heavy atom. The number of rotatable bonds is 3. The maximum atomic E-state index is 12.3. The number of carbonyl (C=O) groups is 4. The van der Waals surface area contributed by atoms with E-state index in [0.717, 1.165) is 24.2 Å². The van der Waals surface area contributed by atoms with Crippen molar-refractivity contribution < 1.29 is 24.3 Å². The number of carbonyl (C=O) groups excluding carboxylic acids is 3. The Morgan fingerprint density at radius 3 is 2.19 bits per heavy atom. The Balaban J connectivity index is 2.13. The second kappa shape index (κ2) is 5.94. The first kappa shape index (κ1) is 15.0. The van der Waals surface area contributed by atoms with Gasteiger partial charge in [-0.3, -0.25) is 24.7 Å². The maximum absolute atomic E-state index is 12.3. The van der Waals surface area contributed by atoms with E-state index in [0.29, 0.717) is 12.8 Å². The number of nitrogens with zero attached hydrogens (tertiary/aromatic N) is 1. The lowest BCUT2D eigenvalue weighted by molar-refractivity contribution is -0.143. The third kappa shape index (κ3) is 3.21. The highest BCUT2D eigenvalue weighted by atomic mass is 16.4. The van der Waals surface area contributed by atoms with Crippen molar-refractivity contribution in [3.63, 3.8) is 0 Å². The average molecular weight is 295 g/mol. The standard InChI is InChI=1S/C13H17N3O5/c17-9-4-5-10(18)16(9)8-13(6-2-1-3-7-13)11(19)14-15-12(20)21/h4-5,15H,1-3,6-8H2,(H,14,19)(H,20,21). The van der Waals surface area contributed by atoms with Crippen LogP contribution in [0.2, 0.25) is 0 Å². The Hall–Kier alpha value is -2.38. The van der Waals surface area contributed by atoms with Crippen LogP contribution >= 0.6 is 0 Å². The first-order chi connectivity index (χ1) is 9.94. The van der Waals surface area contributed by atoms with Gasteiger partial charge in [-0.2, -0.15) is 0 Å². The zero-order valence-electron chi connectivity index (χ0n) is 11.4. The fourth-order valence-corrected chi connectivity index (χ4v) is 2.82.